The summed E-state index contributed by atoms with van der Waals surface area (Å²) in [4.78, 5) is 24.6. The number of hydrogen-bond donors (Lipinski definition) is 2. The highest BCUT2D eigenvalue weighted by Gasteiger charge is 2.20. The molecule has 45 heavy (non-hydrogen) atoms. The lowest BCUT2D eigenvalue weighted by Gasteiger charge is -2.07. The van der Waals surface area contributed by atoms with Crippen LogP contribution in [0, 0.1) is 22.7 Å². The first-order chi connectivity index (χ1) is 22.1. The number of nitriles is 2. The molecule has 2 N–H and O–H groups in total. The number of fused-ring (bicyclic) bond motifs is 2. The van der Waals surface area contributed by atoms with Gasteiger partial charge in [0.25, 0.3) is 0 Å². The Morgan fingerprint density at radius 1 is 0.622 bits per heavy atom. The number of hydrogen-bond acceptors (Lipinski definition) is 6. The molecule has 7 nitrogen and oxygen atoms in total. The van der Waals surface area contributed by atoms with Crippen LogP contribution in [0.1, 0.15) is 86.8 Å². The largest absolute Gasteiger partial charge is 0.352 e. The molecule has 0 spiro atoms. The maximum absolute atomic E-state index is 9.43. The summed E-state index contributed by atoms with van der Waals surface area (Å²) in [6, 6.07) is 22.1. The third-order valence-corrected chi connectivity index (χ3v) is 9.49. The lowest BCUT2D eigenvalue weighted by molar-refractivity contribution is 0.665. The van der Waals surface area contributed by atoms with Crippen LogP contribution < -0.4 is 0 Å². The Kier molecular flexibility index (Phi) is 9.33. The van der Waals surface area contributed by atoms with E-state index in [9.17, 15) is 10.5 Å². The molecule has 8 heteroatoms. The summed E-state index contributed by atoms with van der Waals surface area (Å²) in [5.74, 6) is 1.78. The van der Waals surface area contributed by atoms with Crippen LogP contribution in [0.25, 0.3) is 55.5 Å². The summed E-state index contributed by atoms with van der Waals surface area (Å²) in [7, 11) is 0. The summed E-state index contributed by atoms with van der Waals surface area (Å²) in [5, 5.41) is 20.7. The molecule has 0 saturated carbocycles. The van der Waals surface area contributed by atoms with Gasteiger partial charge in [0.05, 0.1) is 39.5 Å². The highest BCUT2D eigenvalue weighted by atomic mass is 32.1. The number of aromatic nitrogens is 5. The molecule has 226 valence electrons. The van der Waals surface area contributed by atoms with Crippen LogP contribution in [0.15, 0.2) is 54.6 Å². The lowest BCUT2D eigenvalue weighted by Crippen LogP contribution is -2.01. The molecule has 0 radical (unpaired) electrons. The number of aryl methyl sites for hydroxylation is 2. The molecule has 6 aromatic rings. The number of aromatic amines is 2. The first kappa shape index (κ1) is 30.2. The van der Waals surface area contributed by atoms with E-state index in [1.807, 2.05) is 59.9 Å². The molecule has 0 saturated heterocycles. The number of H-pyrrole nitrogens is 2. The Morgan fingerprint density at radius 2 is 1.16 bits per heavy atom. The van der Waals surface area contributed by atoms with Crippen LogP contribution in [-0.4, -0.2) is 24.9 Å². The van der Waals surface area contributed by atoms with Crippen molar-refractivity contribution in [1.82, 2.24) is 24.9 Å². The number of rotatable bonds is 13. The first-order valence-corrected chi connectivity index (χ1v) is 16.8. The standard InChI is InChI=1S/C37H37N7S/c1-3-5-7-9-11-26-19-29(12-10-8-6-4-2)45-34(26)37-43-35(32-20-27-17-24(22-38)13-15-30(27)40-32)42-36(44-37)33-21-28-18-25(23-39)14-16-31(28)41-33/h13-21,40-41H,3-12H2,1-2H3. The summed E-state index contributed by atoms with van der Waals surface area (Å²) >= 11 is 1.82. The summed E-state index contributed by atoms with van der Waals surface area (Å²) < 4.78 is 0. The Labute approximate surface area is 268 Å². The molecular weight excluding hydrogens is 575 g/mol. The number of thiophene rings is 1. The van der Waals surface area contributed by atoms with Crippen molar-refractivity contribution in [2.24, 2.45) is 0 Å². The van der Waals surface area contributed by atoms with Gasteiger partial charge in [-0.05, 0) is 85.8 Å². The molecule has 0 amide bonds. The van der Waals surface area contributed by atoms with Crippen LogP contribution in [0.3, 0.4) is 0 Å². The number of nitrogens with zero attached hydrogens (tertiary/aromatic N) is 5. The van der Waals surface area contributed by atoms with E-state index < -0.39 is 0 Å². The van der Waals surface area contributed by atoms with Crippen molar-refractivity contribution in [3.8, 4) is 45.9 Å². The van der Waals surface area contributed by atoms with Gasteiger partial charge < -0.3 is 9.97 Å². The molecule has 0 atom stereocenters. The SMILES string of the molecule is CCCCCCc1cc(CCCCCC)c(-c2nc(-c3cc4cc(C#N)ccc4[nH]3)nc(-c3cc4cc(C#N)ccc4[nH]3)n2)s1. The molecule has 2 aromatic carbocycles. The monoisotopic (exact) mass is 611 g/mol. The highest BCUT2D eigenvalue weighted by Crippen LogP contribution is 2.36. The fraction of sp³-hybridized carbons (Fsp3) is 0.324. The van der Waals surface area contributed by atoms with Gasteiger partial charge in [0.1, 0.15) is 0 Å². The molecule has 4 heterocycles. The highest BCUT2D eigenvalue weighted by molar-refractivity contribution is 7.15. The van der Waals surface area contributed by atoms with Crippen molar-refractivity contribution in [2.75, 3.05) is 0 Å². The predicted octanol–water partition coefficient (Wildman–Crippen LogP) is 9.89. The van der Waals surface area contributed by atoms with Crippen molar-refractivity contribution in [2.45, 2.75) is 78.1 Å². The van der Waals surface area contributed by atoms with Crippen molar-refractivity contribution in [1.29, 1.82) is 10.5 Å². The van der Waals surface area contributed by atoms with Gasteiger partial charge in [-0.1, -0.05) is 52.4 Å². The molecular formula is C37H37N7S. The van der Waals surface area contributed by atoms with Gasteiger partial charge in [0.2, 0.25) is 0 Å². The Hall–Kier alpha value is -4.79. The molecule has 0 aliphatic carbocycles. The van der Waals surface area contributed by atoms with E-state index in [0.29, 0.717) is 28.6 Å². The Morgan fingerprint density at radius 3 is 1.69 bits per heavy atom. The number of unbranched alkanes of at least 4 members (excludes halogenated alkanes) is 6. The van der Waals surface area contributed by atoms with Gasteiger partial charge in [-0.15, -0.1) is 11.3 Å². The van der Waals surface area contributed by atoms with Gasteiger partial charge in [0.15, 0.2) is 17.5 Å². The van der Waals surface area contributed by atoms with Crippen LogP contribution in [0.2, 0.25) is 0 Å². The summed E-state index contributed by atoms with van der Waals surface area (Å²) in [6.45, 7) is 4.49. The average Bonchev–Trinajstić information content (AvgIpc) is 3.81. The van der Waals surface area contributed by atoms with E-state index in [-0.39, 0.29) is 0 Å². The summed E-state index contributed by atoms with van der Waals surface area (Å²) in [5.41, 5.74) is 5.92. The van der Waals surface area contributed by atoms with Gasteiger partial charge in [0, 0.05) is 26.7 Å². The minimum absolute atomic E-state index is 0.552. The zero-order valence-corrected chi connectivity index (χ0v) is 26.7. The van der Waals surface area contributed by atoms with Crippen LogP contribution in [0.5, 0.6) is 0 Å². The molecule has 4 aromatic heterocycles. The van der Waals surface area contributed by atoms with Gasteiger partial charge in [-0.3, -0.25) is 0 Å². The number of benzene rings is 2. The third kappa shape index (κ3) is 6.82. The maximum atomic E-state index is 9.43. The first-order valence-electron chi connectivity index (χ1n) is 16.0. The minimum atomic E-state index is 0.552. The van der Waals surface area contributed by atoms with Crippen LogP contribution in [0.4, 0.5) is 0 Å². The Balaban J connectivity index is 1.47. The summed E-state index contributed by atoms with van der Waals surface area (Å²) in [6.07, 6.45) is 11.8. The van der Waals surface area contributed by atoms with Gasteiger partial charge in [-0.25, -0.2) is 15.0 Å². The normalized spacial score (nSPS) is 11.3. The fourth-order valence-electron chi connectivity index (χ4n) is 5.82. The second-order valence-corrected chi connectivity index (χ2v) is 12.8. The minimum Gasteiger partial charge on any atom is -0.352 e. The zero-order chi connectivity index (χ0) is 31.2. The van der Waals surface area contributed by atoms with Crippen molar-refractivity contribution >= 4 is 33.1 Å². The Bertz CT molecular complexity index is 1920. The van der Waals surface area contributed by atoms with Gasteiger partial charge in [-0.2, -0.15) is 10.5 Å². The lowest BCUT2D eigenvalue weighted by atomic mass is 10.1. The fourth-order valence-corrected chi connectivity index (χ4v) is 7.00. The van der Waals surface area contributed by atoms with E-state index in [0.717, 1.165) is 57.3 Å². The molecule has 0 unspecified atom stereocenters. The van der Waals surface area contributed by atoms with E-state index in [4.69, 9.17) is 15.0 Å². The van der Waals surface area contributed by atoms with E-state index in [1.165, 1.54) is 55.4 Å². The topological polar surface area (TPSA) is 118 Å². The van der Waals surface area contributed by atoms with Crippen LogP contribution in [-0.2, 0) is 12.8 Å². The van der Waals surface area contributed by atoms with Crippen molar-refractivity contribution in [3.63, 3.8) is 0 Å². The molecule has 0 aliphatic heterocycles. The van der Waals surface area contributed by atoms with E-state index in [1.54, 1.807) is 0 Å². The second-order valence-electron chi connectivity index (χ2n) is 11.7. The molecule has 0 bridgehead atoms. The van der Waals surface area contributed by atoms with Crippen LogP contribution >= 0.6 is 11.3 Å². The van der Waals surface area contributed by atoms with Gasteiger partial charge >= 0.3 is 0 Å². The molecule has 6 rings (SSSR count). The average molecular weight is 612 g/mol. The third-order valence-electron chi connectivity index (χ3n) is 8.26. The number of nitrogens with one attached hydrogen (secondary N) is 2. The van der Waals surface area contributed by atoms with E-state index >= 15 is 0 Å². The smallest absolute Gasteiger partial charge is 0.180 e. The maximum Gasteiger partial charge on any atom is 0.180 e. The predicted molar refractivity (Wildman–Crippen MR) is 183 cm³/mol. The molecule has 0 fully saturated rings. The second kappa shape index (κ2) is 13.9. The van der Waals surface area contributed by atoms with E-state index in [2.05, 4.69) is 42.0 Å². The molecule has 0 aliphatic rings. The quantitative estimate of drug-likeness (QED) is 0.126. The van der Waals surface area contributed by atoms with Crippen molar-refractivity contribution in [3.05, 3.63) is 76.2 Å². The van der Waals surface area contributed by atoms with Crippen molar-refractivity contribution < 1.29 is 0 Å². The zero-order valence-electron chi connectivity index (χ0n) is 25.9.